The summed E-state index contributed by atoms with van der Waals surface area (Å²) >= 11 is 5.94. The first-order chi connectivity index (χ1) is 16.4. The molecule has 0 aliphatic carbocycles. The highest BCUT2D eigenvalue weighted by atomic mass is 35.5. The van der Waals surface area contributed by atoms with Crippen molar-refractivity contribution in [1.29, 1.82) is 0 Å². The molecule has 0 aliphatic heterocycles. The number of halogens is 2. The van der Waals surface area contributed by atoms with Gasteiger partial charge in [-0.15, -0.1) is 0 Å². The van der Waals surface area contributed by atoms with E-state index in [2.05, 4.69) is 15.7 Å². The zero-order valence-electron chi connectivity index (χ0n) is 18.0. The highest BCUT2D eigenvalue weighted by Crippen LogP contribution is 2.26. The van der Waals surface area contributed by atoms with Gasteiger partial charge in [0.2, 0.25) is 0 Å². The van der Waals surface area contributed by atoms with Gasteiger partial charge in [-0.25, -0.2) is 4.39 Å². The van der Waals surface area contributed by atoms with Gasteiger partial charge in [0.1, 0.15) is 29.7 Å². The van der Waals surface area contributed by atoms with Crippen molar-refractivity contribution >= 4 is 29.1 Å². The number of hydrogen-bond donors (Lipinski definition) is 2. The highest BCUT2D eigenvalue weighted by molar-refractivity contribution is 6.32. The van der Waals surface area contributed by atoms with Crippen LogP contribution in [0.15, 0.2) is 63.8 Å². The molecule has 176 valence electrons. The topological polar surface area (TPSA) is 112 Å². The largest absolute Gasteiger partial charge is 0.484 e. The Morgan fingerprint density at radius 1 is 1.18 bits per heavy atom. The summed E-state index contributed by atoms with van der Waals surface area (Å²) < 4.78 is 30.9. The Morgan fingerprint density at radius 2 is 2.03 bits per heavy atom. The molecule has 1 aromatic carbocycles. The molecule has 3 aromatic heterocycles. The maximum Gasteiger partial charge on any atom is 0.291 e. The first kappa shape index (κ1) is 23.1. The molecule has 0 saturated heterocycles. The first-order valence-electron chi connectivity index (χ1n) is 10.3. The summed E-state index contributed by atoms with van der Waals surface area (Å²) in [6.07, 6.45) is 3.07. The van der Waals surface area contributed by atoms with Crippen molar-refractivity contribution in [2.45, 2.75) is 26.6 Å². The molecule has 0 unspecified atom stereocenters. The van der Waals surface area contributed by atoms with Crippen LogP contribution in [0.3, 0.4) is 0 Å². The smallest absolute Gasteiger partial charge is 0.291 e. The number of nitrogens with zero attached hydrogens (tertiary/aromatic N) is 2. The van der Waals surface area contributed by atoms with E-state index in [0.717, 1.165) is 6.07 Å². The van der Waals surface area contributed by atoms with Gasteiger partial charge in [-0.1, -0.05) is 11.6 Å². The molecule has 2 N–H and O–H groups in total. The van der Waals surface area contributed by atoms with Crippen LogP contribution in [0.25, 0.3) is 0 Å². The number of ether oxygens (including phenoxy) is 1. The normalized spacial score (nSPS) is 10.8. The van der Waals surface area contributed by atoms with Gasteiger partial charge in [0, 0.05) is 12.7 Å². The van der Waals surface area contributed by atoms with Crippen molar-refractivity contribution in [3.8, 4) is 5.75 Å². The zero-order chi connectivity index (χ0) is 24.1. The second kappa shape index (κ2) is 10.3. The molecule has 0 saturated carbocycles. The van der Waals surface area contributed by atoms with Gasteiger partial charge >= 0.3 is 0 Å². The van der Waals surface area contributed by atoms with E-state index in [0.29, 0.717) is 18.1 Å². The lowest BCUT2D eigenvalue weighted by atomic mass is 10.3. The van der Waals surface area contributed by atoms with E-state index in [4.69, 9.17) is 25.2 Å². The van der Waals surface area contributed by atoms with Crippen LogP contribution >= 0.6 is 11.6 Å². The fourth-order valence-corrected chi connectivity index (χ4v) is 3.23. The van der Waals surface area contributed by atoms with E-state index < -0.39 is 17.6 Å². The van der Waals surface area contributed by atoms with Gasteiger partial charge in [0.05, 0.1) is 23.5 Å². The Kier molecular flexibility index (Phi) is 6.98. The number of hydrogen-bond acceptors (Lipinski definition) is 6. The van der Waals surface area contributed by atoms with Crippen LogP contribution in [0.5, 0.6) is 5.75 Å². The number of rotatable bonds is 9. The summed E-state index contributed by atoms with van der Waals surface area (Å²) in [4.78, 5) is 25.3. The lowest BCUT2D eigenvalue weighted by molar-refractivity contribution is 0.0943. The molecule has 0 bridgehead atoms. The van der Waals surface area contributed by atoms with Gasteiger partial charge in [-0.3, -0.25) is 14.3 Å². The van der Waals surface area contributed by atoms with E-state index in [-0.39, 0.29) is 41.1 Å². The minimum Gasteiger partial charge on any atom is -0.484 e. The number of carbonyl (C=O) groups is 2. The molecule has 34 heavy (non-hydrogen) atoms. The number of amides is 2. The van der Waals surface area contributed by atoms with Crippen LogP contribution in [0.2, 0.25) is 5.02 Å². The van der Waals surface area contributed by atoms with Crippen LogP contribution in [0.4, 0.5) is 10.1 Å². The van der Waals surface area contributed by atoms with Crippen molar-refractivity contribution in [3.63, 3.8) is 0 Å². The standard InChI is InChI=1S/C23H20ClFN4O5/c1-2-29-12-18(21(28-29)23(31)26-11-15-4-3-9-32-15)27-22(30)20-8-6-16(34-20)13-33-19-7-5-14(25)10-17(19)24/h3-10,12H,2,11,13H2,1H3,(H,26,31)(H,27,30). The van der Waals surface area contributed by atoms with E-state index in [1.807, 2.05) is 6.92 Å². The summed E-state index contributed by atoms with van der Waals surface area (Å²) in [6.45, 7) is 2.52. The Labute approximate surface area is 198 Å². The van der Waals surface area contributed by atoms with Gasteiger partial charge in [0.15, 0.2) is 11.5 Å². The molecule has 0 aliphatic rings. The summed E-state index contributed by atoms with van der Waals surface area (Å²) in [5.41, 5.74) is 0.291. The Bertz CT molecular complexity index is 1300. The number of aryl methyl sites for hydroxylation is 1. The van der Waals surface area contributed by atoms with Crippen LogP contribution in [-0.4, -0.2) is 21.6 Å². The second-order valence-electron chi connectivity index (χ2n) is 7.09. The van der Waals surface area contributed by atoms with Crippen molar-refractivity contribution in [1.82, 2.24) is 15.1 Å². The molecular weight excluding hydrogens is 467 g/mol. The van der Waals surface area contributed by atoms with Crippen LogP contribution < -0.4 is 15.4 Å². The van der Waals surface area contributed by atoms with Gasteiger partial charge in [-0.2, -0.15) is 5.10 Å². The Morgan fingerprint density at radius 3 is 2.76 bits per heavy atom. The molecule has 0 spiro atoms. The van der Waals surface area contributed by atoms with E-state index in [1.165, 1.54) is 29.1 Å². The number of aromatic nitrogens is 2. The minimum atomic E-state index is -0.568. The Hall–Kier alpha value is -4.05. The fourth-order valence-electron chi connectivity index (χ4n) is 3.01. The lowest BCUT2D eigenvalue weighted by Gasteiger charge is -2.06. The summed E-state index contributed by atoms with van der Waals surface area (Å²) in [6, 6.07) is 10.3. The summed E-state index contributed by atoms with van der Waals surface area (Å²) in [7, 11) is 0. The van der Waals surface area contributed by atoms with Crippen molar-refractivity contribution in [2.75, 3.05) is 5.32 Å². The molecule has 9 nitrogen and oxygen atoms in total. The van der Waals surface area contributed by atoms with E-state index in [9.17, 15) is 14.0 Å². The highest BCUT2D eigenvalue weighted by Gasteiger charge is 2.21. The SMILES string of the molecule is CCn1cc(NC(=O)c2ccc(COc3ccc(F)cc3Cl)o2)c(C(=O)NCc2ccco2)n1. The summed E-state index contributed by atoms with van der Waals surface area (Å²) in [5, 5.41) is 9.70. The quantitative estimate of drug-likeness (QED) is 0.356. The van der Waals surface area contributed by atoms with Gasteiger partial charge in [-0.05, 0) is 49.4 Å². The molecule has 11 heteroatoms. The van der Waals surface area contributed by atoms with Crippen molar-refractivity contribution in [3.05, 3.63) is 88.7 Å². The van der Waals surface area contributed by atoms with Crippen molar-refractivity contribution in [2.24, 2.45) is 0 Å². The van der Waals surface area contributed by atoms with Crippen LogP contribution in [-0.2, 0) is 19.7 Å². The van der Waals surface area contributed by atoms with Gasteiger partial charge in [0.25, 0.3) is 11.8 Å². The minimum absolute atomic E-state index is 0.00925. The third-order valence-corrected chi connectivity index (χ3v) is 5.00. The molecule has 4 rings (SSSR count). The molecule has 4 aromatic rings. The second-order valence-corrected chi connectivity index (χ2v) is 7.50. The average molecular weight is 487 g/mol. The maximum atomic E-state index is 13.2. The number of benzene rings is 1. The summed E-state index contributed by atoms with van der Waals surface area (Å²) in [5.74, 6) is -0.287. The van der Waals surface area contributed by atoms with Crippen molar-refractivity contribution < 1.29 is 27.6 Å². The Balaban J connectivity index is 1.41. The molecule has 2 amide bonds. The molecular formula is C23H20ClFN4O5. The predicted octanol–water partition coefficient (Wildman–Crippen LogP) is 4.64. The van der Waals surface area contributed by atoms with E-state index in [1.54, 1.807) is 24.4 Å². The molecule has 0 fully saturated rings. The fraction of sp³-hybridized carbons (Fsp3) is 0.174. The molecule has 0 radical (unpaired) electrons. The number of furan rings is 2. The van der Waals surface area contributed by atoms with Gasteiger partial charge < -0.3 is 24.2 Å². The van der Waals surface area contributed by atoms with E-state index >= 15 is 0 Å². The number of carbonyl (C=O) groups excluding carboxylic acids is 2. The number of nitrogens with one attached hydrogen (secondary N) is 2. The third-order valence-electron chi connectivity index (χ3n) is 4.70. The van der Waals surface area contributed by atoms with Crippen LogP contribution in [0.1, 0.15) is 39.5 Å². The molecule has 3 heterocycles. The van der Waals surface area contributed by atoms with Crippen LogP contribution in [0, 0.1) is 5.82 Å². The first-order valence-corrected chi connectivity index (χ1v) is 10.7. The average Bonchev–Trinajstić information content (AvgIpc) is 3.58. The maximum absolute atomic E-state index is 13.2. The monoisotopic (exact) mass is 486 g/mol. The lowest BCUT2D eigenvalue weighted by Crippen LogP contribution is -2.25. The third kappa shape index (κ3) is 5.46. The molecule has 0 atom stereocenters. The number of anilines is 1. The predicted molar refractivity (Wildman–Crippen MR) is 120 cm³/mol. The zero-order valence-corrected chi connectivity index (χ0v) is 18.8.